The number of carboxylic acid groups (broad SMARTS) is 1. The van der Waals surface area contributed by atoms with Crippen LogP contribution < -0.4 is 4.74 Å². The molecule has 1 aromatic rings. The molecule has 0 aliphatic carbocycles. The predicted octanol–water partition coefficient (Wildman–Crippen LogP) is 5.48. The molecule has 0 unspecified atom stereocenters. The molecule has 136 valence electrons. The van der Waals surface area contributed by atoms with E-state index in [1.165, 1.54) is 5.56 Å². The van der Waals surface area contributed by atoms with Gasteiger partial charge >= 0.3 is 5.97 Å². The zero-order chi connectivity index (χ0) is 18.1. The summed E-state index contributed by atoms with van der Waals surface area (Å²) in [7, 11) is 1.67. The quantitative estimate of drug-likeness (QED) is 0.573. The molecule has 1 N–H and O–H groups in total. The van der Waals surface area contributed by atoms with E-state index >= 15 is 0 Å². The highest BCUT2D eigenvalue weighted by Crippen LogP contribution is 2.34. The minimum absolute atomic E-state index is 0.218. The third-order valence-electron chi connectivity index (χ3n) is 5.04. The van der Waals surface area contributed by atoms with Crippen LogP contribution in [-0.2, 0) is 10.5 Å². The van der Waals surface area contributed by atoms with E-state index in [-0.39, 0.29) is 11.8 Å². The molecule has 24 heavy (non-hydrogen) atoms. The first-order valence-corrected chi connectivity index (χ1v) is 9.95. The number of benzene rings is 1. The van der Waals surface area contributed by atoms with E-state index in [0.29, 0.717) is 11.2 Å². The average molecular weight is 353 g/mol. The Morgan fingerprint density at radius 2 is 1.71 bits per heavy atom. The van der Waals surface area contributed by atoms with Crippen LogP contribution >= 0.6 is 11.8 Å². The summed E-state index contributed by atoms with van der Waals surface area (Å²) in [5.41, 5.74) is 1.25. The van der Waals surface area contributed by atoms with E-state index < -0.39 is 5.97 Å². The molecule has 0 saturated heterocycles. The van der Waals surface area contributed by atoms with Crippen LogP contribution in [0, 0.1) is 17.8 Å². The van der Waals surface area contributed by atoms with Gasteiger partial charge in [0.1, 0.15) is 5.75 Å². The monoisotopic (exact) mass is 352 g/mol. The van der Waals surface area contributed by atoms with Crippen LogP contribution in [0.4, 0.5) is 0 Å². The molecule has 1 rings (SSSR count). The Balaban J connectivity index is 2.75. The van der Waals surface area contributed by atoms with Gasteiger partial charge in [0.2, 0.25) is 0 Å². The molecule has 0 aliphatic rings. The molecule has 0 spiro atoms. The maximum Gasteiger partial charge on any atom is 0.306 e. The molecular weight excluding hydrogens is 320 g/mol. The summed E-state index contributed by atoms with van der Waals surface area (Å²) in [6.07, 6.45) is 2.74. The average Bonchev–Trinajstić information content (AvgIpc) is 2.60. The van der Waals surface area contributed by atoms with Gasteiger partial charge in [-0.15, -0.1) is 0 Å². The van der Waals surface area contributed by atoms with Crippen LogP contribution in [0.1, 0.15) is 52.5 Å². The van der Waals surface area contributed by atoms with E-state index in [1.54, 1.807) is 7.11 Å². The Labute approximate surface area is 151 Å². The van der Waals surface area contributed by atoms with Gasteiger partial charge < -0.3 is 9.84 Å². The highest BCUT2D eigenvalue weighted by molar-refractivity contribution is 7.99. The second-order valence-corrected chi connectivity index (χ2v) is 7.88. The van der Waals surface area contributed by atoms with E-state index in [4.69, 9.17) is 4.74 Å². The number of hydrogen-bond donors (Lipinski definition) is 1. The number of carbonyl (C=O) groups is 1. The minimum Gasteiger partial charge on any atom is -0.497 e. The number of aliphatic carboxylic acids is 1. The highest BCUT2D eigenvalue weighted by Gasteiger charge is 2.29. The summed E-state index contributed by atoms with van der Waals surface area (Å²) in [5.74, 6) is 1.60. The summed E-state index contributed by atoms with van der Waals surface area (Å²) in [6.45, 7) is 8.55. The van der Waals surface area contributed by atoms with E-state index in [0.717, 1.165) is 30.8 Å². The predicted molar refractivity (Wildman–Crippen MR) is 103 cm³/mol. The molecule has 0 amide bonds. The maximum atomic E-state index is 11.7. The van der Waals surface area contributed by atoms with Crippen molar-refractivity contribution in [2.45, 2.75) is 58.0 Å². The zero-order valence-corrected chi connectivity index (χ0v) is 16.4. The van der Waals surface area contributed by atoms with Crippen molar-refractivity contribution in [3.8, 4) is 5.75 Å². The zero-order valence-electron chi connectivity index (χ0n) is 15.6. The van der Waals surface area contributed by atoms with Gasteiger partial charge in [-0.25, -0.2) is 0 Å². The molecule has 4 heteroatoms. The molecule has 0 bridgehead atoms. The van der Waals surface area contributed by atoms with Crippen LogP contribution in [0.2, 0.25) is 0 Å². The molecule has 0 aromatic heterocycles. The first-order chi connectivity index (χ1) is 11.4. The molecular formula is C20H32O3S. The van der Waals surface area contributed by atoms with Crippen LogP contribution in [0.15, 0.2) is 24.3 Å². The largest absolute Gasteiger partial charge is 0.497 e. The lowest BCUT2D eigenvalue weighted by molar-refractivity contribution is -0.143. The molecule has 0 fully saturated rings. The molecule has 0 aliphatic heterocycles. The molecule has 0 radical (unpaired) electrons. The first kappa shape index (κ1) is 20.9. The van der Waals surface area contributed by atoms with Gasteiger partial charge in [-0.3, -0.25) is 4.79 Å². The lowest BCUT2D eigenvalue weighted by Gasteiger charge is -2.28. The second-order valence-electron chi connectivity index (χ2n) is 6.65. The Morgan fingerprint density at radius 3 is 2.17 bits per heavy atom. The van der Waals surface area contributed by atoms with E-state index in [9.17, 15) is 9.90 Å². The summed E-state index contributed by atoms with van der Waals surface area (Å²) >= 11 is 1.89. The van der Waals surface area contributed by atoms with Crippen LogP contribution in [0.3, 0.4) is 0 Å². The smallest absolute Gasteiger partial charge is 0.306 e. The van der Waals surface area contributed by atoms with Crippen molar-refractivity contribution < 1.29 is 14.6 Å². The van der Waals surface area contributed by atoms with Crippen LogP contribution in [0.5, 0.6) is 5.75 Å². The lowest BCUT2D eigenvalue weighted by Crippen LogP contribution is -2.28. The lowest BCUT2D eigenvalue weighted by atomic mass is 9.85. The fourth-order valence-corrected chi connectivity index (χ4v) is 4.23. The number of ether oxygens (including phenoxy) is 1. The molecule has 0 saturated carbocycles. The van der Waals surface area contributed by atoms with Gasteiger partial charge in [0.05, 0.1) is 13.0 Å². The summed E-state index contributed by atoms with van der Waals surface area (Å²) < 4.78 is 5.20. The van der Waals surface area contributed by atoms with Crippen molar-refractivity contribution in [3.63, 3.8) is 0 Å². The normalized spacial score (nSPS) is 16.2. The Morgan fingerprint density at radius 1 is 1.12 bits per heavy atom. The Bertz CT molecular complexity index is 486. The van der Waals surface area contributed by atoms with Crippen molar-refractivity contribution in [2.75, 3.05) is 7.11 Å². The Kier molecular flexibility index (Phi) is 9.27. The highest BCUT2D eigenvalue weighted by atomic mass is 32.2. The first-order valence-electron chi connectivity index (χ1n) is 8.90. The van der Waals surface area contributed by atoms with E-state index in [1.807, 2.05) is 23.9 Å². The van der Waals surface area contributed by atoms with Gasteiger partial charge in [0, 0.05) is 11.0 Å². The molecule has 3 nitrogen and oxygen atoms in total. The van der Waals surface area contributed by atoms with Gasteiger partial charge in [-0.05, 0) is 36.0 Å². The fraction of sp³-hybridized carbons (Fsp3) is 0.650. The third-order valence-corrected chi connectivity index (χ3v) is 6.62. The minimum atomic E-state index is -0.650. The SMILES string of the molecule is CC[C@@H](C)[C@H](C[C@H](SCc1ccc(OC)cc1)[C@@H](C)CC)C(=O)O. The van der Waals surface area contributed by atoms with Crippen molar-refractivity contribution in [2.24, 2.45) is 17.8 Å². The van der Waals surface area contributed by atoms with Crippen LogP contribution in [0.25, 0.3) is 0 Å². The van der Waals surface area contributed by atoms with Crippen LogP contribution in [-0.4, -0.2) is 23.4 Å². The second kappa shape index (κ2) is 10.7. The van der Waals surface area contributed by atoms with Crippen molar-refractivity contribution >= 4 is 17.7 Å². The number of hydrogen-bond acceptors (Lipinski definition) is 3. The molecule has 1 aromatic carbocycles. The van der Waals surface area contributed by atoms with Crippen molar-refractivity contribution in [1.82, 2.24) is 0 Å². The van der Waals surface area contributed by atoms with Gasteiger partial charge in [-0.2, -0.15) is 11.8 Å². The molecule has 4 atom stereocenters. The number of methoxy groups -OCH3 is 1. The third kappa shape index (κ3) is 6.39. The maximum absolute atomic E-state index is 11.7. The standard InChI is InChI=1S/C20H32O3S/c1-6-14(3)18(20(21)22)12-19(15(4)7-2)24-13-16-8-10-17(23-5)11-9-16/h8-11,14-15,18-19H,6-7,12-13H2,1-5H3,(H,21,22)/t14-,15+,18+,19+/m1/s1. The number of thioether (sulfide) groups is 1. The van der Waals surface area contributed by atoms with Gasteiger partial charge in [0.25, 0.3) is 0 Å². The number of rotatable bonds is 11. The molecule has 0 heterocycles. The van der Waals surface area contributed by atoms with E-state index in [2.05, 4.69) is 39.8 Å². The van der Waals surface area contributed by atoms with Gasteiger partial charge in [0.15, 0.2) is 0 Å². The van der Waals surface area contributed by atoms with Gasteiger partial charge in [-0.1, -0.05) is 52.7 Å². The summed E-state index contributed by atoms with van der Waals surface area (Å²) in [6, 6.07) is 8.13. The topological polar surface area (TPSA) is 46.5 Å². The fourth-order valence-electron chi connectivity index (χ4n) is 2.76. The van der Waals surface area contributed by atoms with Crippen molar-refractivity contribution in [3.05, 3.63) is 29.8 Å². The summed E-state index contributed by atoms with van der Waals surface area (Å²) in [4.78, 5) is 11.7. The van der Waals surface area contributed by atoms with Crippen molar-refractivity contribution in [1.29, 1.82) is 0 Å². The Hall–Kier alpha value is -1.16. The summed E-state index contributed by atoms with van der Waals surface area (Å²) in [5, 5.41) is 9.97. The number of carboxylic acids is 1.